The van der Waals surface area contributed by atoms with Gasteiger partial charge in [0, 0.05) is 11.6 Å². The van der Waals surface area contributed by atoms with Crippen molar-refractivity contribution >= 4 is 17.4 Å². The van der Waals surface area contributed by atoms with Gasteiger partial charge < -0.3 is 14.8 Å². The number of hydrogen-bond acceptors (Lipinski definition) is 4. The van der Waals surface area contributed by atoms with Crippen LogP contribution >= 0.6 is 0 Å². The van der Waals surface area contributed by atoms with Gasteiger partial charge in [0.1, 0.15) is 17.2 Å². The Labute approximate surface area is 129 Å². The van der Waals surface area contributed by atoms with E-state index in [1.807, 2.05) is 0 Å². The van der Waals surface area contributed by atoms with E-state index in [-0.39, 0.29) is 23.8 Å². The average Bonchev–Trinajstić information content (AvgIpc) is 2.93. The summed E-state index contributed by atoms with van der Waals surface area (Å²) in [6, 6.07) is 5.91. The molecule has 0 aromatic heterocycles. The fourth-order valence-electron chi connectivity index (χ4n) is 2.24. The van der Waals surface area contributed by atoms with Crippen molar-refractivity contribution in [1.29, 1.82) is 0 Å². The van der Waals surface area contributed by atoms with Gasteiger partial charge in [-0.15, -0.1) is 0 Å². The number of benzene rings is 2. The molecule has 1 aliphatic rings. The minimum Gasteiger partial charge on any atom is -0.454 e. The highest BCUT2D eigenvalue weighted by molar-refractivity contribution is 6.09. The van der Waals surface area contributed by atoms with E-state index >= 15 is 0 Å². The van der Waals surface area contributed by atoms with E-state index in [0.717, 1.165) is 18.2 Å². The van der Waals surface area contributed by atoms with Crippen LogP contribution in [-0.4, -0.2) is 18.5 Å². The molecule has 0 radical (unpaired) electrons. The first-order valence-electron chi connectivity index (χ1n) is 6.67. The number of carbonyl (C=O) groups is 2. The molecule has 2 aromatic carbocycles. The van der Waals surface area contributed by atoms with Gasteiger partial charge in [0.2, 0.25) is 6.79 Å². The molecule has 1 N–H and O–H groups in total. The van der Waals surface area contributed by atoms with Crippen LogP contribution in [0.25, 0.3) is 0 Å². The molecule has 1 aliphatic heterocycles. The Morgan fingerprint density at radius 3 is 2.30 bits per heavy atom. The number of ether oxygens (including phenoxy) is 2. The third-order valence-corrected chi connectivity index (χ3v) is 3.33. The monoisotopic (exact) mass is 319 g/mol. The second kappa shape index (κ2) is 5.68. The van der Waals surface area contributed by atoms with Crippen molar-refractivity contribution in [3.8, 4) is 11.5 Å². The molecular formula is C16H11F2NO4. The van der Waals surface area contributed by atoms with Crippen LogP contribution in [0.5, 0.6) is 11.5 Å². The molecule has 5 nitrogen and oxygen atoms in total. The molecule has 2 aromatic rings. The van der Waals surface area contributed by atoms with Crippen LogP contribution in [0.15, 0.2) is 30.3 Å². The number of rotatable bonds is 3. The van der Waals surface area contributed by atoms with Gasteiger partial charge in [0.05, 0.1) is 5.69 Å². The molecule has 7 heteroatoms. The summed E-state index contributed by atoms with van der Waals surface area (Å²) in [6.45, 7) is 1.29. The van der Waals surface area contributed by atoms with Crippen molar-refractivity contribution in [3.63, 3.8) is 0 Å². The van der Waals surface area contributed by atoms with Crippen LogP contribution in [0.3, 0.4) is 0 Å². The number of Topliss-reactive ketones (excluding diaryl/α,β-unsaturated/α-hetero) is 1. The number of ketones is 1. The minimum absolute atomic E-state index is 0.00792. The van der Waals surface area contributed by atoms with Crippen molar-refractivity contribution < 1.29 is 27.8 Å². The van der Waals surface area contributed by atoms with Crippen LogP contribution in [0.2, 0.25) is 0 Å². The summed E-state index contributed by atoms with van der Waals surface area (Å²) >= 11 is 0. The van der Waals surface area contributed by atoms with Crippen LogP contribution in [0.4, 0.5) is 14.5 Å². The maximum atomic E-state index is 13.7. The smallest absolute Gasteiger partial charge is 0.261 e. The first-order valence-corrected chi connectivity index (χ1v) is 6.67. The first-order chi connectivity index (χ1) is 11.0. The highest BCUT2D eigenvalue weighted by atomic mass is 19.1. The highest BCUT2D eigenvalue weighted by Gasteiger charge is 2.23. The summed E-state index contributed by atoms with van der Waals surface area (Å²) in [5, 5.41) is 2.34. The molecule has 23 heavy (non-hydrogen) atoms. The second-order valence-corrected chi connectivity index (χ2v) is 4.86. The third-order valence-electron chi connectivity index (χ3n) is 3.33. The van der Waals surface area contributed by atoms with Crippen molar-refractivity contribution in [2.45, 2.75) is 6.92 Å². The van der Waals surface area contributed by atoms with Crippen LogP contribution in [0.1, 0.15) is 27.6 Å². The summed E-state index contributed by atoms with van der Waals surface area (Å²) in [7, 11) is 0. The number of hydrogen-bond donors (Lipinski definition) is 1. The highest BCUT2D eigenvalue weighted by Crippen LogP contribution is 2.37. The number of nitrogens with one attached hydrogen (secondary N) is 1. The second-order valence-electron chi connectivity index (χ2n) is 4.86. The zero-order valence-electron chi connectivity index (χ0n) is 12.0. The van der Waals surface area contributed by atoms with E-state index in [1.165, 1.54) is 19.1 Å². The predicted octanol–water partition coefficient (Wildman–Crippen LogP) is 3.15. The number of fused-ring (bicyclic) bond motifs is 1. The molecule has 0 bridgehead atoms. The fourth-order valence-corrected chi connectivity index (χ4v) is 2.24. The van der Waals surface area contributed by atoms with Gasteiger partial charge in [-0.1, -0.05) is 6.07 Å². The van der Waals surface area contributed by atoms with Crippen molar-refractivity contribution in [3.05, 3.63) is 53.1 Å². The zero-order valence-corrected chi connectivity index (χ0v) is 12.0. The number of halogens is 2. The molecule has 1 amide bonds. The van der Waals surface area contributed by atoms with E-state index in [0.29, 0.717) is 11.5 Å². The number of carbonyl (C=O) groups excluding carboxylic acids is 2. The first kappa shape index (κ1) is 15.0. The van der Waals surface area contributed by atoms with Gasteiger partial charge in [-0.05, 0) is 25.1 Å². The molecule has 1 heterocycles. The lowest BCUT2D eigenvalue weighted by Gasteiger charge is -2.11. The summed E-state index contributed by atoms with van der Waals surface area (Å²) < 4.78 is 37.7. The quantitative estimate of drug-likeness (QED) is 0.883. The van der Waals surface area contributed by atoms with Crippen LogP contribution < -0.4 is 14.8 Å². The maximum Gasteiger partial charge on any atom is 0.261 e. The molecule has 0 fully saturated rings. The molecule has 0 spiro atoms. The fraction of sp³-hybridized carbons (Fsp3) is 0.125. The Balaban J connectivity index is 1.99. The largest absolute Gasteiger partial charge is 0.454 e. The third kappa shape index (κ3) is 2.73. The summed E-state index contributed by atoms with van der Waals surface area (Å²) in [5.74, 6) is -2.63. The maximum absolute atomic E-state index is 13.7. The summed E-state index contributed by atoms with van der Waals surface area (Å²) in [4.78, 5) is 23.9. The van der Waals surface area contributed by atoms with E-state index in [2.05, 4.69) is 5.32 Å². The Bertz CT molecular complexity index is 800. The van der Waals surface area contributed by atoms with Crippen molar-refractivity contribution in [2.75, 3.05) is 12.1 Å². The molecule has 0 atom stereocenters. The lowest BCUT2D eigenvalue weighted by atomic mass is 10.1. The van der Waals surface area contributed by atoms with Crippen LogP contribution in [0, 0.1) is 11.6 Å². The standard InChI is InChI=1S/C16H11F2NO4/c1-8(20)9-5-13-14(23-7-22-13)6-12(9)19-16(21)15-10(17)3-2-4-11(15)18/h2-6H,7H2,1H3,(H,19,21). The van der Waals surface area contributed by atoms with E-state index in [9.17, 15) is 18.4 Å². The molecule has 118 valence electrons. The van der Waals surface area contributed by atoms with E-state index < -0.39 is 23.1 Å². The van der Waals surface area contributed by atoms with Crippen molar-refractivity contribution in [2.24, 2.45) is 0 Å². The van der Waals surface area contributed by atoms with E-state index in [4.69, 9.17) is 9.47 Å². The molecular weight excluding hydrogens is 308 g/mol. The molecule has 0 aliphatic carbocycles. The lowest BCUT2D eigenvalue weighted by Crippen LogP contribution is -2.17. The Kier molecular flexibility index (Phi) is 3.69. The minimum atomic E-state index is -0.998. The topological polar surface area (TPSA) is 64.6 Å². The number of amides is 1. The van der Waals surface area contributed by atoms with Gasteiger partial charge in [0.25, 0.3) is 5.91 Å². The van der Waals surface area contributed by atoms with Gasteiger partial charge in [-0.2, -0.15) is 0 Å². The molecule has 0 saturated heterocycles. The average molecular weight is 319 g/mol. The molecule has 3 rings (SSSR count). The zero-order chi connectivity index (χ0) is 16.6. The normalized spacial score (nSPS) is 12.1. The van der Waals surface area contributed by atoms with E-state index in [1.54, 1.807) is 0 Å². The lowest BCUT2D eigenvalue weighted by molar-refractivity contribution is 0.101. The predicted molar refractivity (Wildman–Crippen MR) is 76.9 cm³/mol. The van der Waals surface area contributed by atoms with Gasteiger partial charge in [0.15, 0.2) is 17.3 Å². The Morgan fingerprint density at radius 1 is 1.09 bits per heavy atom. The summed E-state index contributed by atoms with van der Waals surface area (Å²) in [6.07, 6.45) is 0. The molecule has 0 saturated carbocycles. The molecule has 0 unspecified atom stereocenters. The number of anilines is 1. The SMILES string of the molecule is CC(=O)c1cc2c(cc1NC(=O)c1c(F)cccc1F)OCO2. The van der Waals surface area contributed by atoms with Crippen LogP contribution in [-0.2, 0) is 0 Å². The van der Waals surface area contributed by atoms with Gasteiger partial charge >= 0.3 is 0 Å². The Morgan fingerprint density at radius 2 is 1.70 bits per heavy atom. The summed E-state index contributed by atoms with van der Waals surface area (Å²) in [5.41, 5.74) is -0.478. The Hall–Kier alpha value is -2.96. The van der Waals surface area contributed by atoms with Crippen molar-refractivity contribution in [1.82, 2.24) is 0 Å². The van der Waals surface area contributed by atoms with Gasteiger partial charge in [-0.25, -0.2) is 8.78 Å². The van der Waals surface area contributed by atoms with Gasteiger partial charge in [-0.3, -0.25) is 9.59 Å².